The Morgan fingerprint density at radius 1 is 1.11 bits per heavy atom. The van der Waals surface area contributed by atoms with Crippen LogP contribution in [-0.2, 0) is 14.8 Å². The van der Waals surface area contributed by atoms with E-state index >= 15 is 0 Å². The molecule has 2 aromatic rings. The molecule has 0 aromatic heterocycles. The summed E-state index contributed by atoms with van der Waals surface area (Å²) in [5.74, 6) is -3.13. The number of carbonyl (C=O) groups is 2. The Labute approximate surface area is 216 Å². The molecular formula is C22H20Cl2N6O5S. The van der Waals surface area contributed by atoms with Crippen molar-refractivity contribution in [1.29, 1.82) is 0 Å². The summed E-state index contributed by atoms with van der Waals surface area (Å²) in [5, 5.41) is 6.41. The highest BCUT2D eigenvalue weighted by Crippen LogP contribution is 2.47. The van der Waals surface area contributed by atoms with Crippen molar-refractivity contribution in [2.45, 2.75) is 30.8 Å². The lowest BCUT2D eigenvalue weighted by Gasteiger charge is -2.47. The van der Waals surface area contributed by atoms with E-state index in [1.165, 1.54) is 15.3 Å². The van der Waals surface area contributed by atoms with Gasteiger partial charge in [0.2, 0.25) is 10.0 Å². The van der Waals surface area contributed by atoms with Crippen molar-refractivity contribution in [1.82, 2.24) is 9.21 Å². The summed E-state index contributed by atoms with van der Waals surface area (Å²) in [6.07, 6.45) is 0.501. The van der Waals surface area contributed by atoms with Gasteiger partial charge in [-0.05, 0) is 47.7 Å². The molecule has 36 heavy (non-hydrogen) atoms. The molecule has 2 amide bonds. The Balaban J connectivity index is 1.78. The zero-order valence-electron chi connectivity index (χ0n) is 18.7. The summed E-state index contributed by atoms with van der Waals surface area (Å²) >= 11 is 12.6. The lowest BCUT2D eigenvalue weighted by atomic mass is 9.78. The Morgan fingerprint density at radius 3 is 2.44 bits per heavy atom. The standard InChI is InChI=1S/C22H20Cl2N6O5S/c23-13-5-6-17(18(24)11-13)20-19(21(31)27-33)15-3-1-2-4-16(15)22(32)30(20)14-7-9-29(10-8-14)36(34,35)12-26-28-25/h1-6,11,14,19-20H,7-10,12H2/t19-,20+/m1/s1. The van der Waals surface area contributed by atoms with Gasteiger partial charge in [0.15, 0.2) is 0 Å². The van der Waals surface area contributed by atoms with Crippen LogP contribution in [0.3, 0.4) is 0 Å². The van der Waals surface area contributed by atoms with Crippen molar-refractivity contribution in [3.63, 3.8) is 0 Å². The SMILES string of the molecule is [N-]=[N+]=NCS(=O)(=O)N1CCC(N2C(=O)c3ccccc3[C@@H](C(=O)N=O)[C@@H]2c2ccc(Cl)cc2Cl)CC1. The molecule has 2 heterocycles. The molecule has 2 aliphatic heterocycles. The maximum atomic E-state index is 13.8. The molecule has 0 radical (unpaired) electrons. The zero-order chi connectivity index (χ0) is 26.0. The lowest BCUT2D eigenvalue weighted by Crippen LogP contribution is -2.53. The van der Waals surface area contributed by atoms with Gasteiger partial charge in [0, 0.05) is 44.8 Å². The van der Waals surface area contributed by atoms with Crippen LogP contribution in [0.5, 0.6) is 0 Å². The van der Waals surface area contributed by atoms with E-state index < -0.39 is 39.8 Å². The number of nitrogens with zero attached hydrogens (tertiary/aromatic N) is 6. The third kappa shape index (κ3) is 4.82. The molecule has 2 aliphatic rings. The van der Waals surface area contributed by atoms with Gasteiger partial charge < -0.3 is 4.90 Å². The van der Waals surface area contributed by atoms with Crippen LogP contribution in [0.25, 0.3) is 10.4 Å². The van der Waals surface area contributed by atoms with Gasteiger partial charge in [0.25, 0.3) is 11.8 Å². The van der Waals surface area contributed by atoms with E-state index in [2.05, 4.69) is 15.2 Å². The summed E-state index contributed by atoms with van der Waals surface area (Å²) < 4.78 is 26.1. The molecule has 188 valence electrons. The third-order valence-electron chi connectivity index (χ3n) is 6.51. The highest BCUT2D eigenvalue weighted by molar-refractivity contribution is 7.89. The van der Waals surface area contributed by atoms with Crippen molar-refractivity contribution in [3.05, 3.63) is 84.6 Å². The number of hydrogen-bond donors (Lipinski definition) is 0. The molecule has 0 N–H and O–H groups in total. The fourth-order valence-corrected chi connectivity index (χ4v) is 6.57. The average Bonchev–Trinajstić information content (AvgIpc) is 2.87. The molecule has 11 nitrogen and oxygen atoms in total. The molecule has 2 aromatic carbocycles. The minimum Gasteiger partial charge on any atom is -0.327 e. The first-order valence-corrected chi connectivity index (χ1v) is 13.3. The molecule has 4 rings (SSSR count). The Kier molecular flexibility index (Phi) is 7.62. The predicted molar refractivity (Wildman–Crippen MR) is 133 cm³/mol. The number of halogens is 2. The summed E-state index contributed by atoms with van der Waals surface area (Å²) in [4.78, 5) is 42.2. The van der Waals surface area contributed by atoms with Crippen LogP contribution < -0.4 is 0 Å². The second-order valence-corrected chi connectivity index (χ2v) is 11.2. The van der Waals surface area contributed by atoms with Gasteiger partial charge in [-0.2, -0.15) is 0 Å². The fourth-order valence-electron chi connectivity index (χ4n) is 4.93. The smallest absolute Gasteiger partial charge is 0.296 e. The van der Waals surface area contributed by atoms with E-state index in [0.29, 0.717) is 16.1 Å². The molecule has 0 unspecified atom stereocenters. The van der Waals surface area contributed by atoms with Gasteiger partial charge in [-0.1, -0.05) is 52.6 Å². The minimum atomic E-state index is -3.80. The summed E-state index contributed by atoms with van der Waals surface area (Å²) in [6, 6.07) is 9.75. The van der Waals surface area contributed by atoms with E-state index in [1.807, 2.05) is 0 Å². The number of hydrogen-bond acceptors (Lipinski definition) is 6. The first-order chi connectivity index (χ1) is 17.2. The Morgan fingerprint density at radius 2 is 1.81 bits per heavy atom. The second-order valence-electron chi connectivity index (χ2n) is 8.42. The van der Waals surface area contributed by atoms with Crippen LogP contribution in [0.2, 0.25) is 10.0 Å². The molecule has 2 atom stereocenters. The molecule has 0 spiro atoms. The maximum Gasteiger partial charge on any atom is 0.296 e. The zero-order valence-corrected chi connectivity index (χ0v) is 21.0. The number of azide groups is 1. The topological polar surface area (TPSA) is 153 Å². The summed E-state index contributed by atoms with van der Waals surface area (Å²) in [7, 11) is -3.80. The van der Waals surface area contributed by atoms with E-state index in [4.69, 9.17) is 28.7 Å². The fraction of sp³-hybridized carbons (Fsp3) is 0.364. The van der Waals surface area contributed by atoms with Crippen LogP contribution in [0.15, 0.2) is 52.8 Å². The largest absolute Gasteiger partial charge is 0.327 e. The van der Waals surface area contributed by atoms with Crippen molar-refractivity contribution in [2.24, 2.45) is 10.3 Å². The molecule has 0 bridgehead atoms. The van der Waals surface area contributed by atoms with E-state index in [-0.39, 0.29) is 42.4 Å². The number of rotatable bonds is 6. The van der Waals surface area contributed by atoms with Gasteiger partial charge >= 0.3 is 0 Å². The quantitative estimate of drug-likeness (QED) is 0.222. The van der Waals surface area contributed by atoms with Crippen LogP contribution in [0, 0.1) is 4.91 Å². The van der Waals surface area contributed by atoms with E-state index in [1.54, 1.807) is 36.4 Å². The van der Waals surface area contributed by atoms with Crippen LogP contribution >= 0.6 is 23.2 Å². The number of nitroso groups, excluding NO2 is 1. The second kappa shape index (κ2) is 10.5. The van der Waals surface area contributed by atoms with E-state index in [0.717, 1.165) is 0 Å². The van der Waals surface area contributed by atoms with Crippen molar-refractivity contribution >= 4 is 45.0 Å². The molecule has 0 aliphatic carbocycles. The van der Waals surface area contributed by atoms with Crippen molar-refractivity contribution in [2.75, 3.05) is 19.0 Å². The molecule has 1 saturated heterocycles. The average molecular weight is 551 g/mol. The van der Waals surface area contributed by atoms with Crippen molar-refractivity contribution in [3.8, 4) is 0 Å². The maximum absolute atomic E-state index is 13.8. The van der Waals surface area contributed by atoms with Crippen LogP contribution in [-0.4, -0.2) is 54.4 Å². The number of carbonyl (C=O) groups excluding carboxylic acids is 2. The lowest BCUT2D eigenvalue weighted by molar-refractivity contribution is -0.121. The van der Waals surface area contributed by atoms with Crippen LogP contribution in [0.1, 0.15) is 46.3 Å². The van der Waals surface area contributed by atoms with Gasteiger partial charge in [-0.25, -0.2) is 12.7 Å². The van der Waals surface area contributed by atoms with Crippen LogP contribution in [0.4, 0.5) is 0 Å². The summed E-state index contributed by atoms with van der Waals surface area (Å²) in [6.45, 7) is 0.149. The van der Waals surface area contributed by atoms with Gasteiger partial charge in [-0.3, -0.25) is 9.59 Å². The number of sulfonamides is 1. The highest BCUT2D eigenvalue weighted by atomic mass is 35.5. The molecular weight excluding hydrogens is 531 g/mol. The number of amides is 2. The molecule has 14 heteroatoms. The first-order valence-electron chi connectivity index (χ1n) is 10.9. The van der Waals surface area contributed by atoms with Gasteiger partial charge in [0.1, 0.15) is 5.88 Å². The van der Waals surface area contributed by atoms with Gasteiger partial charge in [0.05, 0.1) is 12.0 Å². The summed E-state index contributed by atoms with van der Waals surface area (Å²) in [5.41, 5.74) is 9.52. The predicted octanol–water partition coefficient (Wildman–Crippen LogP) is 4.63. The Bertz CT molecular complexity index is 1370. The van der Waals surface area contributed by atoms with Crippen molar-refractivity contribution < 1.29 is 18.0 Å². The number of benzene rings is 2. The number of piperidine rings is 1. The van der Waals surface area contributed by atoms with E-state index in [9.17, 15) is 22.9 Å². The Hall–Kier alpha value is -3.02. The normalized spacial score (nSPS) is 20.9. The molecule has 0 saturated carbocycles. The third-order valence-corrected chi connectivity index (χ3v) is 8.66. The number of fused-ring (bicyclic) bond motifs is 1. The molecule has 1 fully saturated rings. The van der Waals surface area contributed by atoms with Gasteiger partial charge in [-0.15, -0.1) is 4.91 Å². The monoisotopic (exact) mass is 550 g/mol. The first kappa shape index (κ1) is 26.1. The minimum absolute atomic E-state index is 0.0744. The highest BCUT2D eigenvalue weighted by Gasteiger charge is 2.48.